The van der Waals surface area contributed by atoms with Gasteiger partial charge in [0, 0.05) is 13.1 Å². The van der Waals surface area contributed by atoms with Crippen molar-refractivity contribution in [3.05, 3.63) is 107 Å². The molecule has 3 nitrogen and oxygen atoms in total. The Morgan fingerprint density at radius 1 is 0.929 bits per heavy atom. The molecule has 144 valence electrons. The molecule has 0 fully saturated rings. The number of hydrogen-bond acceptors (Lipinski definition) is 2. The molecule has 3 aromatic carbocycles. The van der Waals surface area contributed by atoms with Gasteiger partial charge < -0.3 is 9.64 Å². The van der Waals surface area contributed by atoms with Gasteiger partial charge in [0.25, 0.3) is 0 Å². The number of hydrogen-bond donors (Lipinski definition) is 0. The van der Waals surface area contributed by atoms with Crippen LogP contribution in [-0.2, 0) is 16.1 Å². The summed E-state index contributed by atoms with van der Waals surface area (Å²) in [5.74, 6) is -0.422. The highest BCUT2D eigenvalue weighted by molar-refractivity contribution is 5.77. The number of nitrogens with zero attached hydrogens (tertiary/aromatic N) is 1. The monoisotopic (exact) mass is 377 g/mol. The number of likely N-dealkylation sites (N-methyl/N-ethyl adjacent to an activating group) is 1. The smallest absolute Gasteiger partial charge is 0.248 e. The first-order valence-corrected chi connectivity index (χ1v) is 9.41. The van der Waals surface area contributed by atoms with Gasteiger partial charge in [0.05, 0.1) is 0 Å². The minimum absolute atomic E-state index is 0.0440. The first-order valence-electron chi connectivity index (χ1n) is 9.41. The molecule has 0 atom stereocenters. The molecule has 28 heavy (non-hydrogen) atoms. The quantitative estimate of drug-likeness (QED) is 0.554. The van der Waals surface area contributed by atoms with Crippen LogP contribution in [0.4, 0.5) is 4.39 Å². The Balaban J connectivity index is 1.70. The first kappa shape index (κ1) is 19.8. The highest BCUT2D eigenvalue weighted by Crippen LogP contribution is 2.25. The second-order valence-electron chi connectivity index (χ2n) is 6.55. The highest BCUT2D eigenvalue weighted by Gasteiger charge is 2.19. The van der Waals surface area contributed by atoms with Gasteiger partial charge in [-0.1, -0.05) is 72.8 Å². The van der Waals surface area contributed by atoms with Gasteiger partial charge in [0.15, 0.2) is 0 Å². The average Bonchev–Trinajstić information content (AvgIpc) is 2.73. The maximum Gasteiger partial charge on any atom is 0.248 e. The number of carbonyl (C=O) groups excluding carboxylic acids is 1. The zero-order valence-electron chi connectivity index (χ0n) is 15.9. The zero-order chi connectivity index (χ0) is 19.8. The third-order valence-electron chi connectivity index (χ3n) is 4.58. The van der Waals surface area contributed by atoms with E-state index < -0.39 is 0 Å². The van der Waals surface area contributed by atoms with Gasteiger partial charge in [-0.15, -0.1) is 0 Å². The van der Waals surface area contributed by atoms with E-state index in [0.717, 1.165) is 16.7 Å². The van der Waals surface area contributed by atoms with Crippen molar-refractivity contribution in [1.29, 1.82) is 0 Å². The van der Waals surface area contributed by atoms with Gasteiger partial charge in [0.2, 0.25) is 5.91 Å². The van der Waals surface area contributed by atoms with E-state index in [2.05, 4.69) is 0 Å². The van der Waals surface area contributed by atoms with E-state index in [1.54, 1.807) is 11.0 Å². The fourth-order valence-corrected chi connectivity index (χ4v) is 3.12. The number of amides is 1. The Morgan fingerprint density at radius 2 is 1.54 bits per heavy atom. The van der Waals surface area contributed by atoms with Gasteiger partial charge in [-0.2, -0.15) is 0 Å². The van der Waals surface area contributed by atoms with E-state index >= 15 is 0 Å². The molecule has 0 aliphatic rings. The molecule has 3 aromatic rings. The molecule has 0 unspecified atom stereocenters. The summed E-state index contributed by atoms with van der Waals surface area (Å²) in [5, 5.41) is 0. The average molecular weight is 377 g/mol. The zero-order valence-corrected chi connectivity index (χ0v) is 15.9. The molecule has 0 aliphatic carbocycles. The van der Waals surface area contributed by atoms with E-state index in [0.29, 0.717) is 13.1 Å². The van der Waals surface area contributed by atoms with Crippen LogP contribution < -0.4 is 0 Å². The number of halogens is 1. The lowest BCUT2D eigenvalue weighted by Gasteiger charge is -2.24. The minimum atomic E-state index is -0.320. The molecule has 4 heteroatoms. The SMILES string of the molecule is CCN(Cc1cccc(F)c1)C(=O)COC(c1ccccc1)c1ccccc1. The Bertz CT molecular complexity index is 844. The number of benzene rings is 3. The van der Waals surface area contributed by atoms with Crippen molar-refractivity contribution in [2.75, 3.05) is 13.2 Å². The van der Waals surface area contributed by atoms with Crippen LogP contribution in [0.5, 0.6) is 0 Å². The van der Waals surface area contributed by atoms with Crippen LogP contribution in [-0.4, -0.2) is 24.0 Å². The molecule has 0 spiro atoms. The van der Waals surface area contributed by atoms with Crippen LogP contribution in [0.1, 0.15) is 29.7 Å². The highest BCUT2D eigenvalue weighted by atomic mass is 19.1. The van der Waals surface area contributed by atoms with Gasteiger partial charge in [0.1, 0.15) is 18.5 Å². The molecular weight excluding hydrogens is 353 g/mol. The number of carbonyl (C=O) groups is 1. The van der Waals surface area contributed by atoms with E-state index in [-0.39, 0.29) is 24.4 Å². The normalized spacial score (nSPS) is 10.8. The van der Waals surface area contributed by atoms with Crippen molar-refractivity contribution in [1.82, 2.24) is 4.90 Å². The maximum absolute atomic E-state index is 13.4. The molecule has 0 heterocycles. The molecule has 3 rings (SSSR count). The topological polar surface area (TPSA) is 29.5 Å². The molecule has 0 N–H and O–H groups in total. The van der Waals surface area contributed by atoms with Gasteiger partial charge >= 0.3 is 0 Å². The van der Waals surface area contributed by atoms with E-state index in [4.69, 9.17) is 4.74 Å². The summed E-state index contributed by atoms with van der Waals surface area (Å²) in [4.78, 5) is 14.4. The fraction of sp³-hybridized carbons (Fsp3) is 0.208. The summed E-state index contributed by atoms with van der Waals surface area (Å²) < 4.78 is 19.5. The van der Waals surface area contributed by atoms with Gasteiger partial charge in [-0.25, -0.2) is 4.39 Å². The standard InChI is InChI=1S/C24H24FNO2/c1-2-26(17-19-10-9-15-22(25)16-19)23(27)18-28-24(20-11-5-3-6-12-20)21-13-7-4-8-14-21/h3-16,24H,2,17-18H2,1H3. The van der Waals surface area contributed by atoms with Crippen LogP contribution in [0.15, 0.2) is 84.9 Å². The third kappa shape index (κ3) is 5.27. The lowest BCUT2D eigenvalue weighted by atomic mass is 10.0. The van der Waals surface area contributed by atoms with E-state index in [9.17, 15) is 9.18 Å². The third-order valence-corrected chi connectivity index (χ3v) is 4.58. The van der Waals surface area contributed by atoms with Crippen LogP contribution in [0.3, 0.4) is 0 Å². The molecule has 1 amide bonds. The summed E-state index contributed by atoms with van der Waals surface area (Å²) in [6.45, 7) is 2.75. The molecular formula is C24H24FNO2. The molecule has 0 bridgehead atoms. The van der Waals surface area contributed by atoms with Crippen molar-refractivity contribution >= 4 is 5.91 Å². The summed E-state index contributed by atoms with van der Waals surface area (Å²) >= 11 is 0. The second kappa shape index (κ2) is 9.81. The van der Waals surface area contributed by atoms with E-state index in [1.165, 1.54) is 12.1 Å². The Kier molecular flexibility index (Phi) is 6.93. The van der Waals surface area contributed by atoms with Crippen LogP contribution in [0.2, 0.25) is 0 Å². The molecule has 0 saturated heterocycles. The number of ether oxygens (including phenoxy) is 1. The van der Waals surface area contributed by atoms with Crippen molar-refractivity contribution in [2.24, 2.45) is 0 Å². The van der Waals surface area contributed by atoms with Crippen molar-refractivity contribution in [2.45, 2.75) is 19.6 Å². The maximum atomic E-state index is 13.4. The predicted molar refractivity (Wildman–Crippen MR) is 108 cm³/mol. The number of rotatable bonds is 8. The van der Waals surface area contributed by atoms with Crippen molar-refractivity contribution in [3.63, 3.8) is 0 Å². The van der Waals surface area contributed by atoms with Crippen LogP contribution in [0.25, 0.3) is 0 Å². The molecule has 0 aliphatic heterocycles. The lowest BCUT2D eigenvalue weighted by Crippen LogP contribution is -2.34. The summed E-state index contributed by atoms with van der Waals surface area (Å²) in [6.07, 6.45) is -0.320. The first-order chi connectivity index (χ1) is 13.7. The van der Waals surface area contributed by atoms with Gasteiger partial charge in [-0.3, -0.25) is 4.79 Å². The fourth-order valence-electron chi connectivity index (χ4n) is 3.12. The minimum Gasteiger partial charge on any atom is -0.359 e. The predicted octanol–water partition coefficient (Wildman–Crippen LogP) is 4.98. The van der Waals surface area contributed by atoms with Crippen LogP contribution in [0, 0.1) is 5.82 Å². The second-order valence-corrected chi connectivity index (χ2v) is 6.55. The Labute approximate surface area is 165 Å². The Morgan fingerprint density at radius 3 is 2.07 bits per heavy atom. The largest absolute Gasteiger partial charge is 0.359 e. The molecule has 0 radical (unpaired) electrons. The van der Waals surface area contributed by atoms with Gasteiger partial charge in [-0.05, 0) is 35.7 Å². The summed E-state index contributed by atoms with van der Waals surface area (Å²) in [6, 6.07) is 26.0. The molecule has 0 aromatic heterocycles. The van der Waals surface area contributed by atoms with Crippen molar-refractivity contribution in [3.8, 4) is 0 Å². The van der Waals surface area contributed by atoms with E-state index in [1.807, 2.05) is 73.7 Å². The van der Waals surface area contributed by atoms with Crippen molar-refractivity contribution < 1.29 is 13.9 Å². The summed E-state index contributed by atoms with van der Waals surface area (Å²) in [7, 11) is 0. The Hall–Kier alpha value is -2.98. The lowest BCUT2D eigenvalue weighted by molar-refractivity contribution is -0.138. The molecule has 0 saturated carbocycles. The van der Waals surface area contributed by atoms with Crippen LogP contribution >= 0.6 is 0 Å². The summed E-state index contributed by atoms with van der Waals surface area (Å²) in [5.41, 5.74) is 2.75.